The fourth-order valence-corrected chi connectivity index (χ4v) is 11.1. The second kappa shape index (κ2) is 41.8. The number of carbonyl (C=O) groups is 4. The number of hydrogen-bond donors (Lipinski definition) is 22. The van der Waals surface area contributed by atoms with Crippen molar-refractivity contribution in [3.05, 3.63) is 0 Å². The van der Waals surface area contributed by atoms with Crippen molar-refractivity contribution >= 4 is 23.4 Å². The molecule has 0 aliphatic carbocycles. The summed E-state index contributed by atoms with van der Waals surface area (Å²) in [5.41, 5.74) is 0. The van der Waals surface area contributed by atoms with E-state index in [1.54, 1.807) is 0 Å². The van der Waals surface area contributed by atoms with Crippen LogP contribution in [0.4, 0.5) is 0 Å². The van der Waals surface area contributed by atoms with Gasteiger partial charge in [0.2, 0.25) is 11.8 Å². The molecule has 0 spiro atoms. The lowest BCUT2D eigenvalue weighted by Crippen LogP contribution is -2.65. The summed E-state index contributed by atoms with van der Waals surface area (Å²) in [5.74, 6) is -0.296. The topological polar surface area (TPSA) is 608 Å². The Balaban J connectivity index is 0.000000347. The van der Waals surface area contributed by atoms with Crippen LogP contribution >= 0.6 is 0 Å². The predicted octanol–water partition coefficient (Wildman–Crippen LogP) is -11.0. The number of rotatable bonds is 36. The molecule has 0 unspecified atom stereocenters. The zero-order valence-electron chi connectivity index (χ0n) is 53.4. The van der Waals surface area contributed by atoms with Crippen LogP contribution in [0.5, 0.6) is 0 Å². The van der Waals surface area contributed by atoms with Gasteiger partial charge in [-0.1, -0.05) is 0 Å². The summed E-state index contributed by atoms with van der Waals surface area (Å²) in [6, 6.07) is 0. The highest BCUT2D eigenvalue weighted by Crippen LogP contribution is 2.34. The molecule has 560 valence electrons. The van der Waals surface area contributed by atoms with Crippen LogP contribution in [0.1, 0.15) is 90.9 Å². The van der Waals surface area contributed by atoms with Crippen LogP contribution in [0.2, 0.25) is 0 Å². The summed E-state index contributed by atoms with van der Waals surface area (Å²) in [6.45, 7) is 0.321. The third-order valence-electron chi connectivity index (χ3n) is 16.8. The van der Waals surface area contributed by atoms with E-state index < -0.39 is 224 Å². The highest BCUT2D eigenvalue weighted by atomic mass is 16.8. The lowest BCUT2D eigenvalue weighted by atomic mass is 9.96. The highest BCUT2D eigenvalue weighted by Gasteiger charge is 2.55. The monoisotopic (exact) mass is 1400 g/mol. The first-order valence-corrected chi connectivity index (χ1v) is 32.3. The number of unbranched alkanes of at least 4 members (excludes halogenated alkanes) is 2. The normalized spacial score (nSPS) is 40.4. The Labute approximate surface area is 552 Å². The average Bonchev–Trinajstić information content (AvgIpc) is 0.791. The molecule has 38 nitrogen and oxygen atoms in total. The maximum atomic E-state index is 12.3. The number of carbonyl (C=O) groups excluding carboxylic acids is 4. The van der Waals surface area contributed by atoms with Gasteiger partial charge in [-0.25, -0.2) is 0 Å². The summed E-state index contributed by atoms with van der Waals surface area (Å²) in [6.07, 6.45) is -45.3. The Bertz CT molecular complexity index is 2100. The first-order valence-electron chi connectivity index (χ1n) is 32.3. The first-order chi connectivity index (χ1) is 45.7. The van der Waals surface area contributed by atoms with Crippen molar-refractivity contribution in [2.24, 2.45) is 0 Å². The van der Waals surface area contributed by atoms with Crippen LogP contribution in [0.3, 0.4) is 0 Å². The minimum absolute atomic E-state index is 0.0651. The molecule has 0 saturated carbocycles. The summed E-state index contributed by atoms with van der Waals surface area (Å²) >= 11 is 0. The van der Waals surface area contributed by atoms with Crippen LogP contribution in [-0.2, 0) is 76.0 Å². The van der Waals surface area contributed by atoms with E-state index in [-0.39, 0.29) is 75.1 Å². The van der Waals surface area contributed by atoms with Gasteiger partial charge in [-0.2, -0.15) is 0 Å². The summed E-state index contributed by atoms with van der Waals surface area (Å²) in [7, 11) is 0. The number of amides is 2. The van der Waals surface area contributed by atoms with Gasteiger partial charge in [0.1, 0.15) is 158 Å². The molecular weight excluding hydrogens is 1300 g/mol. The van der Waals surface area contributed by atoms with Crippen LogP contribution < -0.4 is 10.6 Å². The van der Waals surface area contributed by atoms with Crippen molar-refractivity contribution in [1.29, 1.82) is 0 Å². The molecule has 0 radical (unpaired) electrons. The quantitative estimate of drug-likeness (QED) is 0.0259. The molecule has 6 rings (SSSR count). The molecule has 0 aromatic carbocycles. The Morgan fingerprint density at radius 2 is 0.562 bits per heavy atom. The van der Waals surface area contributed by atoms with E-state index in [1.165, 1.54) is 0 Å². The highest BCUT2D eigenvalue weighted by molar-refractivity contribution is 5.79. The smallest absolute Gasteiger partial charge is 0.219 e. The Morgan fingerprint density at radius 3 is 0.865 bits per heavy atom. The number of nitrogens with one attached hydrogen (secondary N) is 2. The van der Waals surface area contributed by atoms with Gasteiger partial charge in [-0.15, -0.1) is 0 Å². The number of ketones is 2. The maximum Gasteiger partial charge on any atom is 0.219 e. The van der Waals surface area contributed by atoms with Crippen molar-refractivity contribution in [1.82, 2.24) is 10.6 Å². The zero-order valence-corrected chi connectivity index (χ0v) is 53.4. The van der Waals surface area contributed by atoms with E-state index in [4.69, 9.17) is 56.8 Å². The fourth-order valence-electron chi connectivity index (χ4n) is 11.1. The summed E-state index contributed by atoms with van der Waals surface area (Å²) in [4.78, 5) is 47.7. The van der Waals surface area contributed by atoms with Crippen LogP contribution in [0.15, 0.2) is 0 Å². The van der Waals surface area contributed by atoms with Crippen molar-refractivity contribution in [3.63, 3.8) is 0 Å². The van der Waals surface area contributed by atoms with Gasteiger partial charge in [-0.3, -0.25) is 19.2 Å². The van der Waals surface area contributed by atoms with Gasteiger partial charge in [0.05, 0.1) is 52.9 Å². The maximum absolute atomic E-state index is 12.3. The van der Waals surface area contributed by atoms with Crippen molar-refractivity contribution in [3.8, 4) is 0 Å². The van der Waals surface area contributed by atoms with Gasteiger partial charge in [0.25, 0.3) is 0 Å². The molecule has 0 aromatic heterocycles. The lowest BCUT2D eigenvalue weighted by Gasteiger charge is -2.46. The molecule has 6 aliphatic heterocycles. The minimum atomic E-state index is -1.87. The number of Topliss-reactive ketones (excluding diaryl/α,β-unsaturated/α-hetero) is 2. The summed E-state index contributed by atoms with van der Waals surface area (Å²) < 4.78 is 66.4. The molecule has 30 atom stereocenters. The number of aliphatic hydroxyl groups is 20. The van der Waals surface area contributed by atoms with Crippen molar-refractivity contribution < 1.29 is 178 Å². The largest absolute Gasteiger partial charge is 0.394 e. The van der Waals surface area contributed by atoms with E-state index in [0.717, 1.165) is 0 Å². The van der Waals surface area contributed by atoms with E-state index in [0.29, 0.717) is 51.6 Å². The van der Waals surface area contributed by atoms with E-state index in [2.05, 4.69) is 10.6 Å². The Morgan fingerprint density at radius 1 is 0.302 bits per heavy atom. The SMILES string of the molecule is CCNC(=O)CCCCC(=O)CCCO[C@H]1O[C@H](CO[C@H]2O[C@H](CO)[C@@H](O)[C@H](O)[C@@H]2O)[C@@H](O)[C@H](O[C@H]2O[C@H](CO)[C@@H](O)[C@H](O)[C@@H]2O)[C@H]1O.CCNC(=O)CCCCC(=O)CCCO[C@H]1O[C@H](CO[C@H]2O[C@H](CO)[C@@H](O)[C@H](O)[C@@H]2O)[C@@H](O)[C@H](O[C@H]2O[C@H](CO)[C@@H](O)[C@H](O)[C@@H]2O)[C@H]1O. The molecular formula is C58H102N2O36. The van der Waals surface area contributed by atoms with E-state index in [1.807, 2.05) is 13.8 Å². The van der Waals surface area contributed by atoms with Crippen molar-refractivity contribution in [2.45, 2.75) is 275 Å². The minimum Gasteiger partial charge on any atom is -0.394 e. The second-order valence-corrected chi connectivity index (χ2v) is 24.1. The molecule has 6 heterocycles. The average molecular weight is 1400 g/mol. The molecule has 0 aromatic rings. The fraction of sp³-hybridized carbons (Fsp3) is 0.931. The van der Waals surface area contributed by atoms with Gasteiger partial charge in [-0.05, 0) is 52.4 Å². The van der Waals surface area contributed by atoms with Gasteiger partial charge in [0, 0.05) is 51.6 Å². The third kappa shape index (κ3) is 23.5. The molecule has 96 heavy (non-hydrogen) atoms. The van der Waals surface area contributed by atoms with Gasteiger partial charge >= 0.3 is 0 Å². The molecule has 6 saturated heterocycles. The number of aliphatic hydroxyl groups excluding tert-OH is 20. The van der Waals surface area contributed by atoms with Crippen LogP contribution in [0, 0.1) is 0 Å². The van der Waals surface area contributed by atoms with Gasteiger partial charge < -0.3 is 170 Å². The number of hydrogen-bond acceptors (Lipinski definition) is 36. The Hall–Kier alpha value is -3.00. The summed E-state index contributed by atoms with van der Waals surface area (Å²) in [5, 5.41) is 210. The molecule has 0 bridgehead atoms. The predicted molar refractivity (Wildman–Crippen MR) is 313 cm³/mol. The van der Waals surface area contributed by atoms with Crippen LogP contribution in [0.25, 0.3) is 0 Å². The third-order valence-corrected chi connectivity index (χ3v) is 16.8. The molecule has 22 N–H and O–H groups in total. The lowest BCUT2D eigenvalue weighted by molar-refractivity contribution is -0.366. The molecule has 2 amide bonds. The zero-order chi connectivity index (χ0) is 71.1. The van der Waals surface area contributed by atoms with E-state index >= 15 is 0 Å². The number of ether oxygens (including phenoxy) is 12. The second-order valence-electron chi connectivity index (χ2n) is 24.1. The van der Waals surface area contributed by atoms with E-state index in [9.17, 15) is 121 Å². The van der Waals surface area contributed by atoms with Gasteiger partial charge in [0.15, 0.2) is 37.7 Å². The first kappa shape index (κ1) is 83.7. The van der Waals surface area contributed by atoms with Crippen LogP contribution in [-0.4, -0.2) is 376 Å². The molecule has 38 heteroatoms. The standard InChI is InChI=1S/2C29H51NO18/c2*1-2-30-17(34)8-4-3-6-13(33)7-5-9-43-28-25(42)26(48-29-24(41)22(39)19(36)15(11-32)46-29)20(37)16(47-28)12-44-27-23(40)21(38)18(35)14(10-31)45-27/h2*14-16,18-29,31-32,35-42H,2-12H2,1H3,(H,30,34)/t2*14-,15-,16-,18-,19-,20-,21+,22+,23+,24+,25-,26+,27+,28+,29-/m11/s1. The molecule has 6 fully saturated rings. The van der Waals surface area contributed by atoms with Crippen molar-refractivity contribution in [2.75, 3.05) is 65.9 Å². The molecule has 6 aliphatic rings. The Kier molecular flexibility index (Phi) is 36.4.